The van der Waals surface area contributed by atoms with Crippen molar-refractivity contribution in [2.24, 2.45) is 11.3 Å². The van der Waals surface area contributed by atoms with Crippen molar-refractivity contribution < 1.29 is 4.79 Å². The van der Waals surface area contributed by atoms with Gasteiger partial charge in [0.25, 0.3) is 0 Å². The van der Waals surface area contributed by atoms with Crippen molar-refractivity contribution >= 4 is 6.03 Å². The largest absolute Gasteiger partial charge is 0.338 e. The van der Waals surface area contributed by atoms with E-state index in [1.54, 1.807) is 6.20 Å². The van der Waals surface area contributed by atoms with Crippen LogP contribution in [-0.4, -0.2) is 22.1 Å². The average molecular weight is 280 g/mol. The molecular formula is C15H28N4O. The summed E-state index contributed by atoms with van der Waals surface area (Å²) in [5, 5.41) is 5.73. The molecule has 0 fully saturated rings. The second kappa shape index (κ2) is 7.31. The van der Waals surface area contributed by atoms with E-state index >= 15 is 0 Å². The van der Waals surface area contributed by atoms with E-state index in [0.29, 0.717) is 19.0 Å². The number of urea groups is 1. The van der Waals surface area contributed by atoms with Crippen molar-refractivity contribution in [1.82, 2.24) is 20.2 Å². The number of hydrogen-bond donors (Lipinski definition) is 2. The Morgan fingerprint density at radius 1 is 1.35 bits per heavy atom. The molecule has 2 N–H and O–H groups in total. The van der Waals surface area contributed by atoms with Gasteiger partial charge in [0.2, 0.25) is 0 Å². The van der Waals surface area contributed by atoms with Crippen LogP contribution in [0.5, 0.6) is 0 Å². The van der Waals surface area contributed by atoms with Gasteiger partial charge in [-0.1, -0.05) is 34.6 Å². The summed E-state index contributed by atoms with van der Waals surface area (Å²) < 4.78 is 2.08. The molecule has 1 aromatic rings. The summed E-state index contributed by atoms with van der Waals surface area (Å²) in [4.78, 5) is 16.0. The fraction of sp³-hybridized carbons (Fsp3) is 0.733. The Balaban J connectivity index is 2.32. The molecule has 0 aromatic carbocycles. The zero-order valence-corrected chi connectivity index (χ0v) is 13.4. The van der Waals surface area contributed by atoms with Crippen LogP contribution in [0.15, 0.2) is 12.4 Å². The topological polar surface area (TPSA) is 59.0 Å². The van der Waals surface area contributed by atoms with Gasteiger partial charge in [-0.2, -0.15) is 0 Å². The molecule has 0 bridgehead atoms. The van der Waals surface area contributed by atoms with Crippen LogP contribution in [0.25, 0.3) is 0 Å². The minimum absolute atomic E-state index is 0.131. The van der Waals surface area contributed by atoms with E-state index in [9.17, 15) is 4.79 Å². The van der Waals surface area contributed by atoms with E-state index in [2.05, 4.69) is 54.8 Å². The summed E-state index contributed by atoms with van der Waals surface area (Å²) in [7, 11) is 0. The first-order valence-electron chi connectivity index (χ1n) is 7.29. The fourth-order valence-electron chi connectivity index (χ4n) is 1.84. The van der Waals surface area contributed by atoms with Crippen LogP contribution in [0.1, 0.15) is 46.9 Å². The molecular weight excluding hydrogens is 252 g/mol. The van der Waals surface area contributed by atoms with Crippen molar-refractivity contribution in [3.05, 3.63) is 18.2 Å². The van der Waals surface area contributed by atoms with Crippen molar-refractivity contribution in [3.8, 4) is 0 Å². The molecule has 2 amide bonds. The van der Waals surface area contributed by atoms with Crippen LogP contribution in [0.4, 0.5) is 4.79 Å². The highest BCUT2D eigenvalue weighted by atomic mass is 16.2. The molecule has 5 nitrogen and oxygen atoms in total. The van der Waals surface area contributed by atoms with Crippen molar-refractivity contribution in [2.45, 2.75) is 54.1 Å². The molecule has 0 spiro atoms. The number of hydrogen-bond acceptors (Lipinski definition) is 2. The van der Waals surface area contributed by atoms with Gasteiger partial charge in [0, 0.05) is 25.5 Å². The molecule has 1 heterocycles. The number of carbonyl (C=O) groups excluding carboxylic acids is 1. The molecule has 0 saturated heterocycles. The van der Waals surface area contributed by atoms with E-state index < -0.39 is 0 Å². The van der Waals surface area contributed by atoms with Gasteiger partial charge in [-0.15, -0.1) is 0 Å². The SMILES string of the molecule is CC(C)Cn1ccnc1CNC(=O)NCCC(C)(C)C. The Hall–Kier alpha value is -1.52. The third-order valence-corrected chi connectivity index (χ3v) is 2.93. The summed E-state index contributed by atoms with van der Waals surface area (Å²) in [6, 6.07) is -0.131. The monoisotopic (exact) mass is 280 g/mol. The minimum atomic E-state index is -0.131. The van der Waals surface area contributed by atoms with Gasteiger partial charge in [-0.3, -0.25) is 0 Å². The Labute approximate surface area is 122 Å². The molecule has 1 rings (SSSR count). The molecule has 0 aliphatic heterocycles. The molecule has 0 aliphatic rings. The van der Waals surface area contributed by atoms with Crippen LogP contribution in [0.2, 0.25) is 0 Å². The van der Waals surface area contributed by atoms with Gasteiger partial charge in [0.15, 0.2) is 0 Å². The van der Waals surface area contributed by atoms with Gasteiger partial charge < -0.3 is 15.2 Å². The summed E-state index contributed by atoms with van der Waals surface area (Å²) >= 11 is 0. The van der Waals surface area contributed by atoms with E-state index in [-0.39, 0.29) is 11.4 Å². The number of amides is 2. The highest BCUT2D eigenvalue weighted by Crippen LogP contribution is 2.16. The van der Waals surface area contributed by atoms with E-state index in [1.165, 1.54) is 0 Å². The van der Waals surface area contributed by atoms with Crippen LogP contribution in [0.3, 0.4) is 0 Å². The predicted molar refractivity (Wildman–Crippen MR) is 81.4 cm³/mol. The Bertz CT molecular complexity index is 418. The van der Waals surface area contributed by atoms with Gasteiger partial charge in [0.05, 0.1) is 6.54 Å². The quantitative estimate of drug-likeness (QED) is 0.842. The van der Waals surface area contributed by atoms with Gasteiger partial charge in [-0.05, 0) is 17.8 Å². The van der Waals surface area contributed by atoms with Gasteiger partial charge >= 0.3 is 6.03 Å². The lowest BCUT2D eigenvalue weighted by Gasteiger charge is -2.18. The maximum atomic E-state index is 11.7. The predicted octanol–water partition coefficient (Wildman–Crippen LogP) is 2.77. The zero-order chi connectivity index (χ0) is 15.2. The Morgan fingerprint density at radius 2 is 2.05 bits per heavy atom. The van der Waals surface area contributed by atoms with E-state index in [1.807, 2.05) is 6.20 Å². The van der Waals surface area contributed by atoms with E-state index in [4.69, 9.17) is 0 Å². The number of imidazole rings is 1. The number of nitrogens with one attached hydrogen (secondary N) is 2. The maximum Gasteiger partial charge on any atom is 0.315 e. The first kappa shape index (κ1) is 16.5. The third-order valence-electron chi connectivity index (χ3n) is 2.93. The lowest BCUT2D eigenvalue weighted by atomic mass is 9.92. The molecule has 20 heavy (non-hydrogen) atoms. The Morgan fingerprint density at radius 3 is 2.65 bits per heavy atom. The normalized spacial score (nSPS) is 11.7. The number of carbonyl (C=O) groups is 1. The number of rotatable bonds is 6. The summed E-state index contributed by atoms with van der Waals surface area (Å²) in [5.41, 5.74) is 0.237. The van der Waals surface area contributed by atoms with Gasteiger partial charge in [-0.25, -0.2) is 9.78 Å². The van der Waals surface area contributed by atoms with Crippen LogP contribution in [0, 0.1) is 11.3 Å². The van der Waals surface area contributed by atoms with Crippen molar-refractivity contribution in [1.29, 1.82) is 0 Å². The average Bonchev–Trinajstić information content (AvgIpc) is 2.71. The third kappa shape index (κ3) is 6.59. The van der Waals surface area contributed by atoms with Crippen LogP contribution in [-0.2, 0) is 13.1 Å². The standard InChI is InChI=1S/C15H28N4O/c1-12(2)11-19-9-8-16-13(19)10-18-14(20)17-7-6-15(3,4)5/h8-9,12H,6-7,10-11H2,1-5H3,(H2,17,18,20). The highest BCUT2D eigenvalue weighted by Gasteiger charge is 2.11. The summed E-state index contributed by atoms with van der Waals surface area (Å²) in [6.45, 7) is 12.9. The summed E-state index contributed by atoms with van der Waals surface area (Å²) in [6.07, 6.45) is 4.69. The molecule has 0 atom stereocenters. The first-order valence-corrected chi connectivity index (χ1v) is 7.29. The van der Waals surface area contributed by atoms with Crippen molar-refractivity contribution in [3.63, 3.8) is 0 Å². The van der Waals surface area contributed by atoms with Crippen LogP contribution >= 0.6 is 0 Å². The second-order valence-corrected chi connectivity index (χ2v) is 6.81. The number of aromatic nitrogens is 2. The highest BCUT2D eigenvalue weighted by molar-refractivity contribution is 5.73. The minimum Gasteiger partial charge on any atom is -0.338 e. The number of nitrogens with zero attached hydrogens (tertiary/aromatic N) is 2. The lowest BCUT2D eigenvalue weighted by molar-refractivity contribution is 0.238. The molecule has 0 saturated carbocycles. The lowest BCUT2D eigenvalue weighted by Crippen LogP contribution is -2.37. The molecule has 0 unspecified atom stereocenters. The molecule has 1 aromatic heterocycles. The van der Waals surface area contributed by atoms with Crippen LogP contribution < -0.4 is 10.6 Å². The van der Waals surface area contributed by atoms with Crippen molar-refractivity contribution in [2.75, 3.05) is 6.54 Å². The maximum absolute atomic E-state index is 11.7. The smallest absolute Gasteiger partial charge is 0.315 e. The summed E-state index contributed by atoms with van der Waals surface area (Å²) in [5.74, 6) is 1.45. The van der Waals surface area contributed by atoms with Gasteiger partial charge in [0.1, 0.15) is 5.82 Å². The first-order chi connectivity index (χ1) is 9.28. The Kier molecular flexibility index (Phi) is 6.05. The molecule has 0 radical (unpaired) electrons. The van der Waals surface area contributed by atoms with E-state index in [0.717, 1.165) is 18.8 Å². The molecule has 0 aliphatic carbocycles. The molecule has 114 valence electrons. The second-order valence-electron chi connectivity index (χ2n) is 6.81. The zero-order valence-electron chi connectivity index (χ0n) is 13.4. The fourth-order valence-corrected chi connectivity index (χ4v) is 1.84. The molecule has 5 heteroatoms.